The van der Waals surface area contributed by atoms with Gasteiger partial charge in [0.15, 0.2) is 5.82 Å². The number of nitrogens with zero attached hydrogens (tertiary/aromatic N) is 2. The number of H-pyrrole nitrogens is 2. The summed E-state index contributed by atoms with van der Waals surface area (Å²) in [5, 5.41) is 1.03. The Balaban J connectivity index is 2.23. The number of aromatic nitrogens is 4. The van der Waals surface area contributed by atoms with Crippen LogP contribution >= 0.6 is 0 Å². The molecule has 0 amide bonds. The first-order chi connectivity index (χ1) is 6.93. The molecule has 0 aliphatic rings. The summed E-state index contributed by atoms with van der Waals surface area (Å²) in [5.74, 6) is 0.713. The third-order valence-corrected chi connectivity index (χ3v) is 2.14. The van der Waals surface area contributed by atoms with Gasteiger partial charge in [0.25, 0.3) is 0 Å². The van der Waals surface area contributed by atoms with E-state index >= 15 is 0 Å². The number of fused-ring (bicyclic) bond motifs is 1. The average Bonchev–Trinajstić information content (AvgIpc) is 2.88. The minimum absolute atomic E-state index is 0.713. The molecular weight excluding hydrogens is 176 g/mol. The first kappa shape index (κ1) is 7.32. The summed E-state index contributed by atoms with van der Waals surface area (Å²) in [5.41, 5.74) is 1.80. The minimum Gasteiger partial charge on any atom is -0.359 e. The number of nitrogens with one attached hydrogen (secondary N) is 2. The maximum absolute atomic E-state index is 4.38. The molecule has 4 nitrogen and oxygen atoms in total. The van der Waals surface area contributed by atoms with Crippen LogP contribution in [0.15, 0.2) is 36.8 Å². The van der Waals surface area contributed by atoms with Gasteiger partial charge in [-0.25, -0.2) is 9.97 Å². The van der Waals surface area contributed by atoms with Gasteiger partial charge in [0, 0.05) is 24.0 Å². The molecular formula is C10H8N4. The van der Waals surface area contributed by atoms with Crippen LogP contribution in [0, 0.1) is 0 Å². The minimum atomic E-state index is 0.713. The second kappa shape index (κ2) is 2.70. The van der Waals surface area contributed by atoms with Gasteiger partial charge in [-0.3, -0.25) is 0 Å². The Kier molecular flexibility index (Phi) is 1.41. The Hall–Kier alpha value is -2.10. The molecule has 68 valence electrons. The van der Waals surface area contributed by atoms with Gasteiger partial charge in [0.05, 0.1) is 5.69 Å². The SMILES string of the molecule is c1c[nH]c(-c2ncc3cc[nH]c3n2)c1. The molecule has 0 radical (unpaired) electrons. The molecule has 3 rings (SSSR count). The van der Waals surface area contributed by atoms with Crippen molar-refractivity contribution in [1.82, 2.24) is 19.9 Å². The molecule has 3 heterocycles. The lowest BCUT2D eigenvalue weighted by molar-refractivity contribution is 1.18. The molecule has 3 aromatic rings. The summed E-state index contributed by atoms with van der Waals surface area (Å²) in [6, 6.07) is 5.83. The zero-order valence-corrected chi connectivity index (χ0v) is 7.36. The fourth-order valence-corrected chi connectivity index (χ4v) is 1.44. The van der Waals surface area contributed by atoms with Gasteiger partial charge < -0.3 is 9.97 Å². The molecule has 0 aliphatic heterocycles. The lowest BCUT2D eigenvalue weighted by Gasteiger charge is -1.95. The van der Waals surface area contributed by atoms with E-state index in [1.807, 2.05) is 36.8 Å². The second-order valence-corrected chi connectivity index (χ2v) is 3.06. The second-order valence-electron chi connectivity index (χ2n) is 3.06. The van der Waals surface area contributed by atoms with Crippen molar-refractivity contribution >= 4 is 11.0 Å². The Labute approximate surface area is 80.0 Å². The standard InChI is InChI=1S/C10H8N4/c1-2-8(11-4-1)10-13-6-7-3-5-12-9(7)14-10/h1-6,11H,(H,12,13,14). The van der Waals surface area contributed by atoms with Crippen LogP contribution in [0.25, 0.3) is 22.6 Å². The van der Waals surface area contributed by atoms with Crippen molar-refractivity contribution < 1.29 is 0 Å². The van der Waals surface area contributed by atoms with Gasteiger partial charge in [-0.1, -0.05) is 0 Å². The topological polar surface area (TPSA) is 57.4 Å². The van der Waals surface area contributed by atoms with Gasteiger partial charge in [0.2, 0.25) is 0 Å². The van der Waals surface area contributed by atoms with E-state index < -0.39 is 0 Å². The summed E-state index contributed by atoms with van der Waals surface area (Å²) >= 11 is 0. The Morgan fingerprint density at radius 1 is 1.07 bits per heavy atom. The van der Waals surface area contributed by atoms with Gasteiger partial charge in [-0.05, 0) is 18.2 Å². The van der Waals surface area contributed by atoms with Crippen molar-refractivity contribution in [2.24, 2.45) is 0 Å². The molecule has 0 bridgehead atoms. The molecule has 0 fully saturated rings. The van der Waals surface area contributed by atoms with Gasteiger partial charge in [0.1, 0.15) is 5.65 Å². The third-order valence-electron chi connectivity index (χ3n) is 2.14. The highest BCUT2D eigenvalue weighted by Crippen LogP contribution is 2.14. The predicted octanol–water partition coefficient (Wildman–Crippen LogP) is 1.95. The lowest BCUT2D eigenvalue weighted by atomic mass is 10.3. The van der Waals surface area contributed by atoms with Crippen LogP contribution in [0.4, 0.5) is 0 Å². The van der Waals surface area contributed by atoms with Crippen LogP contribution in [0.3, 0.4) is 0 Å². The first-order valence-electron chi connectivity index (χ1n) is 4.37. The lowest BCUT2D eigenvalue weighted by Crippen LogP contribution is -1.88. The van der Waals surface area contributed by atoms with Crippen LogP contribution in [0.5, 0.6) is 0 Å². The van der Waals surface area contributed by atoms with Crippen LogP contribution < -0.4 is 0 Å². The molecule has 0 unspecified atom stereocenters. The summed E-state index contributed by atoms with van der Waals surface area (Å²) in [6.07, 6.45) is 5.53. The molecule has 4 heteroatoms. The van der Waals surface area contributed by atoms with E-state index in [1.165, 1.54) is 0 Å². The van der Waals surface area contributed by atoms with E-state index in [0.717, 1.165) is 16.7 Å². The van der Waals surface area contributed by atoms with E-state index in [4.69, 9.17) is 0 Å². The Morgan fingerprint density at radius 3 is 2.93 bits per heavy atom. The smallest absolute Gasteiger partial charge is 0.178 e. The van der Waals surface area contributed by atoms with Crippen molar-refractivity contribution in [3.05, 3.63) is 36.8 Å². The summed E-state index contributed by atoms with van der Waals surface area (Å²) in [6.45, 7) is 0. The summed E-state index contributed by atoms with van der Waals surface area (Å²) in [4.78, 5) is 14.8. The molecule has 3 aromatic heterocycles. The fraction of sp³-hybridized carbons (Fsp3) is 0. The van der Waals surface area contributed by atoms with Crippen molar-refractivity contribution in [3.8, 4) is 11.5 Å². The van der Waals surface area contributed by atoms with E-state index in [1.54, 1.807) is 0 Å². The molecule has 0 spiro atoms. The van der Waals surface area contributed by atoms with Crippen molar-refractivity contribution in [2.45, 2.75) is 0 Å². The van der Waals surface area contributed by atoms with E-state index in [9.17, 15) is 0 Å². The number of hydrogen-bond acceptors (Lipinski definition) is 2. The van der Waals surface area contributed by atoms with Crippen molar-refractivity contribution in [1.29, 1.82) is 0 Å². The van der Waals surface area contributed by atoms with E-state index in [2.05, 4.69) is 19.9 Å². The summed E-state index contributed by atoms with van der Waals surface area (Å²) < 4.78 is 0. The average molecular weight is 184 g/mol. The third kappa shape index (κ3) is 1.01. The zero-order chi connectivity index (χ0) is 9.38. The number of rotatable bonds is 1. The molecule has 2 N–H and O–H groups in total. The Bertz CT molecular complexity index is 550. The highest BCUT2D eigenvalue weighted by molar-refractivity contribution is 5.75. The highest BCUT2D eigenvalue weighted by atomic mass is 15.0. The first-order valence-corrected chi connectivity index (χ1v) is 4.37. The van der Waals surface area contributed by atoms with Crippen LogP contribution in [0.1, 0.15) is 0 Å². The van der Waals surface area contributed by atoms with Crippen LogP contribution in [-0.2, 0) is 0 Å². The molecule has 0 aromatic carbocycles. The maximum atomic E-state index is 4.38. The molecule has 0 aliphatic carbocycles. The molecule has 0 atom stereocenters. The van der Waals surface area contributed by atoms with Crippen molar-refractivity contribution in [2.75, 3.05) is 0 Å². The van der Waals surface area contributed by atoms with Gasteiger partial charge >= 0.3 is 0 Å². The maximum Gasteiger partial charge on any atom is 0.178 e. The largest absolute Gasteiger partial charge is 0.359 e. The summed E-state index contributed by atoms with van der Waals surface area (Å²) in [7, 11) is 0. The number of hydrogen-bond donors (Lipinski definition) is 2. The molecule has 14 heavy (non-hydrogen) atoms. The Morgan fingerprint density at radius 2 is 2.07 bits per heavy atom. The zero-order valence-electron chi connectivity index (χ0n) is 7.36. The monoisotopic (exact) mass is 184 g/mol. The van der Waals surface area contributed by atoms with Gasteiger partial charge in [-0.15, -0.1) is 0 Å². The molecule has 0 saturated heterocycles. The van der Waals surface area contributed by atoms with E-state index in [0.29, 0.717) is 5.82 Å². The normalized spacial score (nSPS) is 10.9. The highest BCUT2D eigenvalue weighted by Gasteiger charge is 2.03. The number of aromatic amines is 2. The fourth-order valence-electron chi connectivity index (χ4n) is 1.44. The predicted molar refractivity (Wildman–Crippen MR) is 53.7 cm³/mol. The van der Waals surface area contributed by atoms with E-state index in [-0.39, 0.29) is 0 Å². The molecule has 0 saturated carbocycles. The van der Waals surface area contributed by atoms with Gasteiger partial charge in [-0.2, -0.15) is 0 Å². The van der Waals surface area contributed by atoms with Crippen LogP contribution in [-0.4, -0.2) is 19.9 Å². The van der Waals surface area contributed by atoms with Crippen LogP contribution in [0.2, 0.25) is 0 Å². The van der Waals surface area contributed by atoms with Crippen molar-refractivity contribution in [3.63, 3.8) is 0 Å². The quantitative estimate of drug-likeness (QED) is 0.607.